The first-order chi connectivity index (χ1) is 7.75. The summed E-state index contributed by atoms with van der Waals surface area (Å²) in [6.07, 6.45) is 1.06. The second-order valence-corrected chi connectivity index (χ2v) is 4.14. The topological polar surface area (TPSA) is 58.2 Å². The summed E-state index contributed by atoms with van der Waals surface area (Å²) in [5.74, 6) is 0.299. The molecule has 2 heterocycles. The quantitative estimate of drug-likeness (QED) is 0.692. The van der Waals surface area contributed by atoms with Crippen LogP contribution in [0.1, 0.15) is 33.6 Å². The molecule has 1 aromatic carbocycles. The van der Waals surface area contributed by atoms with Crippen LogP contribution in [0.5, 0.6) is 0 Å². The van der Waals surface area contributed by atoms with Crippen molar-refractivity contribution in [2.75, 3.05) is 23.7 Å². The van der Waals surface area contributed by atoms with E-state index < -0.39 is 0 Å². The van der Waals surface area contributed by atoms with Crippen LogP contribution in [-0.4, -0.2) is 24.7 Å². The molecule has 0 saturated carbocycles. The standard InChI is InChI=1S/C12H12N2O2/c15-11-1-3-13-9-6-8-10(5-7(9)11)14-4-2-12(8)16/h5-6,13-14H,1-4H2. The lowest BCUT2D eigenvalue weighted by Crippen LogP contribution is -2.22. The maximum absolute atomic E-state index is 11.7. The highest BCUT2D eigenvalue weighted by Crippen LogP contribution is 2.31. The number of hydrogen-bond acceptors (Lipinski definition) is 4. The minimum atomic E-state index is 0.149. The van der Waals surface area contributed by atoms with Crippen LogP contribution in [0.4, 0.5) is 11.4 Å². The van der Waals surface area contributed by atoms with Crippen molar-refractivity contribution >= 4 is 22.9 Å². The van der Waals surface area contributed by atoms with E-state index in [1.807, 2.05) is 0 Å². The number of nitrogens with one attached hydrogen (secondary N) is 2. The molecule has 0 aromatic heterocycles. The molecule has 4 nitrogen and oxygen atoms in total. The van der Waals surface area contributed by atoms with Crippen LogP contribution in [0.2, 0.25) is 0 Å². The number of rotatable bonds is 0. The van der Waals surface area contributed by atoms with Gasteiger partial charge in [0.15, 0.2) is 11.6 Å². The first-order valence-electron chi connectivity index (χ1n) is 5.48. The van der Waals surface area contributed by atoms with Gasteiger partial charge in [-0.1, -0.05) is 0 Å². The van der Waals surface area contributed by atoms with Crippen molar-refractivity contribution in [3.05, 3.63) is 23.3 Å². The van der Waals surface area contributed by atoms with Gasteiger partial charge in [0, 0.05) is 48.4 Å². The molecule has 0 amide bonds. The van der Waals surface area contributed by atoms with Gasteiger partial charge < -0.3 is 10.6 Å². The van der Waals surface area contributed by atoms with E-state index in [0.29, 0.717) is 37.1 Å². The van der Waals surface area contributed by atoms with Crippen molar-refractivity contribution in [3.8, 4) is 0 Å². The van der Waals surface area contributed by atoms with E-state index in [2.05, 4.69) is 10.6 Å². The van der Waals surface area contributed by atoms with Crippen molar-refractivity contribution in [1.82, 2.24) is 0 Å². The Kier molecular flexibility index (Phi) is 1.96. The van der Waals surface area contributed by atoms with Crippen LogP contribution < -0.4 is 10.6 Å². The predicted molar refractivity (Wildman–Crippen MR) is 61.3 cm³/mol. The van der Waals surface area contributed by atoms with E-state index in [4.69, 9.17) is 0 Å². The second kappa shape index (κ2) is 3.33. The number of anilines is 2. The molecule has 3 rings (SSSR count). The third-order valence-corrected chi connectivity index (χ3v) is 3.09. The van der Waals surface area contributed by atoms with Gasteiger partial charge in [-0.2, -0.15) is 0 Å². The average molecular weight is 216 g/mol. The monoisotopic (exact) mass is 216 g/mol. The Labute approximate surface area is 93.0 Å². The smallest absolute Gasteiger partial charge is 0.166 e. The van der Waals surface area contributed by atoms with Crippen LogP contribution in [-0.2, 0) is 0 Å². The number of benzene rings is 1. The molecule has 2 N–H and O–H groups in total. The molecule has 0 radical (unpaired) electrons. The second-order valence-electron chi connectivity index (χ2n) is 4.14. The molecular formula is C12H12N2O2. The van der Waals surface area contributed by atoms with Crippen molar-refractivity contribution in [3.63, 3.8) is 0 Å². The number of ketones is 2. The van der Waals surface area contributed by atoms with Crippen LogP contribution in [0.15, 0.2) is 12.1 Å². The van der Waals surface area contributed by atoms with Gasteiger partial charge in [-0.25, -0.2) is 0 Å². The average Bonchev–Trinajstić information content (AvgIpc) is 2.29. The van der Waals surface area contributed by atoms with E-state index in [-0.39, 0.29) is 11.6 Å². The van der Waals surface area contributed by atoms with Gasteiger partial charge in [0.2, 0.25) is 0 Å². The zero-order chi connectivity index (χ0) is 11.1. The third-order valence-electron chi connectivity index (χ3n) is 3.09. The first-order valence-corrected chi connectivity index (χ1v) is 5.48. The zero-order valence-electron chi connectivity index (χ0n) is 8.80. The predicted octanol–water partition coefficient (Wildman–Crippen LogP) is 1.68. The molecule has 0 fully saturated rings. The van der Waals surface area contributed by atoms with Gasteiger partial charge in [0.05, 0.1) is 0 Å². The minimum absolute atomic E-state index is 0.149. The Bertz CT molecular complexity index is 448. The molecule has 82 valence electrons. The summed E-state index contributed by atoms with van der Waals surface area (Å²) in [4.78, 5) is 23.4. The highest BCUT2D eigenvalue weighted by atomic mass is 16.1. The van der Waals surface area contributed by atoms with Crippen molar-refractivity contribution < 1.29 is 9.59 Å². The van der Waals surface area contributed by atoms with Crippen molar-refractivity contribution in [1.29, 1.82) is 0 Å². The van der Waals surface area contributed by atoms with Gasteiger partial charge in [-0.3, -0.25) is 9.59 Å². The van der Waals surface area contributed by atoms with E-state index in [1.165, 1.54) is 0 Å². The Morgan fingerprint density at radius 1 is 0.812 bits per heavy atom. The van der Waals surface area contributed by atoms with Crippen molar-refractivity contribution in [2.45, 2.75) is 12.8 Å². The fourth-order valence-electron chi connectivity index (χ4n) is 2.24. The normalized spacial score (nSPS) is 18.2. The van der Waals surface area contributed by atoms with Gasteiger partial charge in [-0.15, -0.1) is 0 Å². The fraction of sp³-hybridized carbons (Fsp3) is 0.333. The molecule has 0 saturated heterocycles. The lowest BCUT2D eigenvalue weighted by molar-refractivity contribution is 0.0971. The molecule has 4 heteroatoms. The van der Waals surface area contributed by atoms with E-state index in [9.17, 15) is 9.59 Å². The summed E-state index contributed by atoms with van der Waals surface area (Å²) in [6, 6.07) is 3.60. The third kappa shape index (κ3) is 1.30. The van der Waals surface area contributed by atoms with E-state index >= 15 is 0 Å². The maximum Gasteiger partial charge on any atom is 0.166 e. The van der Waals surface area contributed by atoms with Crippen LogP contribution in [0.25, 0.3) is 0 Å². The molecule has 1 aromatic rings. The van der Waals surface area contributed by atoms with Crippen LogP contribution in [0.3, 0.4) is 0 Å². The highest BCUT2D eigenvalue weighted by molar-refractivity contribution is 6.09. The summed E-state index contributed by atoms with van der Waals surface area (Å²) in [7, 11) is 0. The van der Waals surface area contributed by atoms with Crippen LogP contribution >= 0.6 is 0 Å². The highest BCUT2D eigenvalue weighted by Gasteiger charge is 2.23. The lowest BCUT2D eigenvalue weighted by Gasteiger charge is -2.23. The number of carbonyl (C=O) groups is 2. The Morgan fingerprint density at radius 2 is 1.25 bits per heavy atom. The molecule has 2 aliphatic heterocycles. The molecule has 0 atom stereocenters. The summed E-state index contributed by atoms with van der Waals surface area (Å²) < 4.78 is 0. The summed E-state index contributed by atoms with van der Waals surface area (Å²) in [6.45, 7) is 1.32. The Hall–Kier alpha value is -1.84. The summed E-state index contributed by atoms with van der Waals surface area (Å²) in [5, 5.41) is 6.33. The SMILES string of the molecule is O=C1CCNc2cc3c(cc21)NCCC3=O. The Balaban J connectivity index is 2.17. The molecule has 0 aliphatic carbocycles. The van der Waals surface area contributed by atoms with Gasteiger partial charge >= 0.3 is 0 Å². The molecule has 2 aliphatic rings. The molecule has 0 spiro atoms. The van der Waals surface area contributed by atoms with Gasteiger partial charge in [0.1, 0.15) is 0 Å². The van der Waals surface area contributed by atoms with Gasteiger partial charge in [0.25, 0.3) is 0 Å². The molecule has 0 unspecified atom stereocenters. The van der Waals surface area contributed by atoms with Crippen molar-refractivity contribution in [2.24, 2.45) is 0 Å². The lowest BCUT2D eigenvalue weighted by atomic mass is 9.94. The number of Topliss-reactive ketones (excluding diaryl/α,β-unsaturated/α-hetero) is 2. The largest absolute Gasteiger partial charge is 0.384 e. The molecular weight excluding hydrogens is 204 g/mol. The zero-order valence-corrected chi connectivity index (χ0v) is 8.80. The molecule has 0 bridgehead atoms. The number of hydrogen-bond donors (Lipinski definition) is 2. The summed E-state index contributed by atoms with van der Waals surface area (Å²) in [5.41, 5.74) is 3.00. The maximum atomic E-state index is 11.7. The number of carbonyl (C=O) groups excluding carboxylic acids is 2. The fourth-order valence-corrected chi connectivity index (χ4v) is 2.24. The van der Waals surface area contributed by atoms with E-state index in [0.717, 1.165) is 11.4 Å². The molecule has 16 heavy (non-hydrogen) atoms. The minimum Gasteiger partial charge on any atom is -0.384 e. The summed E-state index contributed by atoms with van der Waals surface area (Å²) >= 11 is 0. The van der Waals surface area contributed by atoms with E-state index in [1.54, 1.807) is 12.1 Å². The number of fused-ring (bicyclic) bond motifs is 2. The first kappa shape index (κ1) is 9.39. The van der Waals surface area contributed by atoms with Crippen LogP contribution in [0, 0.1) is 0 Å². The Morgan fingerprint density at radius 3 is 1.69 bits per heavy atom. The van der Waals surface area contributed by atoms with Gasteiger partial charge in [-0.05, 0) is 12.1 Å².